The first-order chi connectivity index (χ1) is 9.62. The number of rotatable bonds is 7. The number of unbranched alkanes of at least 4 members (excludes halogenated alkanes) is 1. The molecule has 2 amide bonds. The van der Waals surface area contributed by atoms with E-state index in [0.717, 1.165) is 18.4 Å². The van der Waals surface area contributed by atoms with Crippen molar-refractivity contribution in [1.82, 2.24) is 15.8 Å². The van der Waals surface area contributed by atoms with Gasteiger partial charge in [-0.2, -0.15) is 0 Å². The number of carbonyl (C=O) groups excluding carboxylic acids is 2. The van der Waals surface area contributed by atoms with Gasteiger partial charge in [-0.1, -0.05) is 20.3 Å². The molecule has 0 fully saturated rings. The van der Waals surface area contributed by atoms with Crippen LogP contribution in [0.15, 0.2) is 18.5 Å². The van der Waals surface area contributed by atoms with Crippen molar-refractivity contribution in [2.24, 2.45) is 0 Å². The molecule has 0 aliphatic carbocycles. The van der Waals surface area contributed by atoms with Crippen LogP contribution in [0.2, 0.25) is 0 Å². The summed E-state index contributed by atoms with van der Waals surface area (Å²) >= 11 is 0. The van der Waals surface area contributed by atoms with Crippen LogP contribution in [0.5, 0.6) is 0 Å². The summed E-state index contributed by atoms with van der Waals surface area (Å²) in [6.45, 7) is 3.98. The van der Waals surface area contributed by atoms with Crippen LogP contribution in [0.3, 0.4) is 0 Å². The molecule has 1 heterocycles. The predicted molar refractivity (Wildman–Crippen MR) is 74.2 cm³/mol. The molecule has 0 radical (unpaired) electrons. The van der Waals surface area contributed by atoms with Gasteiger partial charge in [-0.25, -0.2) is 5.48 Å². The highest BCUT2D eigenvalue weighted by Crippen LogP contribution is 2.17. The molecule has 0 saturated carbocycles. The maximum absolute atomic E-state index is 11.8. The van der Waals surface area contributed by atoms with Crippen LogP contribution in [-0.4, -0.2) is 22.0 Å². The highest BCUT2D eigenvalue weighted by atomic mass is 16.5. The molecule has 0 aliphatic heterocycles. The monoisotopic (exact) mass is 279 g/mol. The van der Waals surface area contributed by atoms with Crippen molar-refractivity contribution >= 4 is 11.8 Å². The Kier molecular flexibility index (Phi) is 6.66. The molecule has 0 aromatic carbocycles. The van der Waals surface area contributed by atoms with Gasteiger partial charge in [0.05, 0.1) is 11.6 Å². The standard InChI is InChI=1S/C14H21N3O3/c1-3-5-6-13(18)16-12(4-2)10-7-11(9-15-8-10)14(19)17-20/h7-9,12,20H,3-6H2,1-2H3,(H,16,18)(H,17,19). The van der Waals surface area contributed by atoms with Gasteiger partial charge in [-0.15, -0.1) is 0 Å². The third kappa shape index (κ3) is 4.62. The van der Waals surface area contributed by atoms with Crippen molar-refractivity contribution in [3.05, 3.63) is 29.6 Å². The second-order valence-corrected chi connectivity index (χ2v) is 4.58. The first-order valence-corrected chi connectivity index (χ1v) is 6.81. The van der Waals surface area contributed by atoms with Crippen LogP contribution in [-0.2, 0) is 4.79 Å². The Morgan fingerprint density at radius 1 is 1.35 bits per heavy atom. The Bertz CT molecular complexity index is 463. The molecule has 0 aliphatic rings. The average Bonchev–Trinajstić information content (AvgIpc) is 2.49. The molecule has 0 bridgehead atoms. The number of nitrogens with zero attached hydrogens (tertiary/aromatic N) is 1. The zero-order valence-corrected chi connectivity index (χ0v) is 11.8. The minimum atomic E-state index is -0.619. The lowest BCUT2D eigenvalue weighted by Gasteiger charge is -2.17. The molecular weight excluding hydrogens is 258 g/mol. The summed E-state index contributed by atoms with van der Waals surface area (Å²) in [6, 6.07) is 1.44. The maximum Gasteiger partial charge on any atom is 0.276 e. The molecule has 1 aromatic rings. The van der Waals surface area contributed by atoms with Crippen LogP contribution in [0.25, 0.3) is 0 Å². The lowest BCUT2D eigenvalue weighted by atomic mass is 10.0. The minimum absolute atomic E-state index is 0.00397. The Labute approximate surface area is 118 Å². The van der Waals surface area contributed by atoms with Crippen molar-refractivity contribution in [3.63, 3.8) is 0 Å². The normalized spacial score (nSPS) is 11.8. The molecule has 0 saturated heterocycles. The smallest absolute Gasteiger partial charge is 0.276 e. The molecular formula is C14H21N3O3. The van der Waals surface area contributed by atoms with Gasteiger partial charge in [0.2, 0.25) is 5.91 Å². The summed E-state index contributed by atoms with van der Waals surface area (Å²) in [5, 5.41) is 11.5. The summed E-state index contributed by atoms with van der Waals surface area (Å²) < 4.78 is 0. The van der Waals surface area contributed by atoms with Gasteiger partial charge in [-0.05, 0) is 24.5 Å². The molecule has 1 rings (SSSR count). The minimum Gasteiger partial charge on any atom is -0.349 e. The van der Waals surface area contributed by atoms with Crippen LogP contribution in [0.4, 0.5) is 0 Å². The average molecular weight is 279 g/mol. The van der Waals surface area contributed by atoms with E-state index in [1.807, 2.05) is 13.8 Å². The maximum atomic E-state index is 11.8. The van der Waals surface area contributed by atoms with Gasteiger partial charge >= 0.3 is 0 Å². The van der Waals surface area contributed by atoms with Crippen LogP contribution >= 0.6 is 0 Å². The van der Waals surface area contributed by atoms with Gasteiger partial charge < -0.3 is 5.32 Å². The van der Waals surface area contributed by atoms with Crippen molar-refractivity contribution < 1.29 is 14.8 Å². The topological polar surface area (TPSA) is 91.3 Å². The van der Waals surface area contributed by atoms with Crippen LogP contribution in [0, 0.1) is 0 Å². The van der Waals surface area contributed by atoms with E-state index in [9.17, 15) is 9.59 Å². The van der Waals surface area contributed by atoms with Gasteiger partial charge in [0.1, 0.15) is 0 Å². The lowest BCUT2D eigenvalue weighted by Crippen LogP contribution is -2.28. The van der Waals surface area contributed by atoms with Gasteiger partial charge in [0.15, 0.2) is 0 Å². The molecule has 3 N–H and O–H groups in total. The van der Waals surface area contributed by atoms with E-state index in [0.29, 0.717) is 12.8 Å². The zero-order valence-electron chi connectivity index (χ0n) is 11.8. The third-order valence-electron chi connectivity index (χ3n) is 3.03. The van der Waals surface area contributed by atoms with E-state index in [1.165, 1.54) is 6.20 Å². The Morgan fingerprint density at radius 2 is 2.10 bits per heavy atom. The molecule has 20 heavy (non-hydrogen) atoms. The van der Waals surface area contributed by atoms with E-state index in [2.05, 4.69) is 10.3 Å². The summed E-state index contributed by atoms with van der Waals surface area (Å²) in [6.07, 6.45) is 6.00. The number of nitrogens with one attached hydrogen (secondary N) is 2. The van der Waals surface area contributed by atoms with Crippen molar-refractivity contribution in [1.29, 1.82) is 0 Å². The highest BCUT2D eigenvalue weighted by Gasteiger charge is 2.15. The third-order valence-corrected chi connectivity index (χ3v) is 3.03. The first-order valence-electron chi connectivity index (χ1n) is 6.81. The van der Waals surface area contributed by atoms with E-state index in [1.54, 1.807) is 17.7 Å². The first kappa shape index (κ1) is 16.1. The molecule has 1 atom stereocenters. The van der Waals surface area contributed by atoms with E-state index in [-0.39, 0.29) is 17.5 Å². The Morgan fingerprint density at radius 3 is 2.70 bits per heavy atom. The summed E-state index contributed by atoms with van der Waals surface area (Å²) in [5.41, 5.74) is 2.57. The van der Waals surface area contributed by atoms with E-state index < -0.39 is 5.91 Å². The van der Waals surface area contributed by atoms with Gasteiger partial charge in [0, 0.05) is 18.8 Å². The van der Waals surface area contributed by atoms with Crippen LogP contribution in [0.1, 0.15) is 61.5 Å². The summed E-state index contributed by atoms with van der Waals surface area (Å²) in [7, 11) is 0. The zero-order chi connectivity index (χ0) is 15.0. The van der Waals surface area contributed by atoms with Crippen molar-refractivity contribution in [2.75, 3.05) is 0 Å². The van der Waals surface area contributed by atoms with E-state index >= 15 is 0 Å². The quantitative estimate of drug-likeness (QED) is 0.525. The molecule has 1 unspecified atom stereocenters. The second-order valence-electron chi connectivity index (χ2n) is 4.58. The fourth-order valence-corrected chi connectivity index (χ4v) is 1.86. The van der Waals surface area contributed by atoms with Crippen molar-refractivity contribution in [3.8, 4) is 0 Å². The molecule has 6 heteroatoms. The highest BCUT2D eigenvalue weighted by molar-refractivity contribution is 5.93. The summed E-state index contributed by atoms with van der Waals surface area (Å²) in [5.74, 6) is -0.623. The fraction of sp³-hybridized carbons (Fsp3) is 0.500. The number of hydrogen-bond acceptors (Lipinski definition) is 4. The van der Waals surface area contributed by atoms with Crippen molar-refractivity contribution in [2.45, 2.75) is 45.6 Å². The fourth-order valence-electron chi connectivity index (χ4n) is 1.86. The molecule has 110 valence electrons. The van der Waals surface area contributed by atoms with Gasteiger partial charge in [0.25, 0.3) is 5.91 Å². The van der Waals surface area contributed by atoms with E-state index in [4.69, 9.17) is 5.21 Å². The number of amides is 2. The Balaban J connectivity index is 2.79. The Hall–Kier alpha value is -1.95. The molecule has 0 spiro atoms. The number of pyridine rings is 1. The predicted octanol–water partition coefficient (Wildman–Crippen LogP) is 1.96. The molecule has 6 nitrogen and oxygen atoms in total. The van der Waals surface area contributed by atoms with Gasteiger partial charge in [-0.3, -0.25) is 19.8 Å². The summed E-state index contributed by atoms with van der Waals surface area (Å²) in [4.78, 5) is 27.1. The second kappa shape index (κ2) is 8.27. The van der Waals surface area contributed by atoms with Crippen LogP contribution < -0.4 is 10.8 Å². The lowest BCUT2D eigenvalue weighted by molar-refractivity contribution is -0.122. The number of aromatic nitrogens is 1. The number of carbonyl (C=O) groups is 2. The molecule has 1 aromatic heterocycles. The largest absolute Gasteiger partial charge is 0.349 e. The number of hydroxylamine groups is 1. The number of hydrogen-bond donors (Lipinski definition) is 3. The SMILES string of the molecule is CCCCC(=O)NC(CC)c1cncc(C(=O)NO)c1.